The van der Waals surface area contributed by atoms with Crippen LogP contribution >= 0.6 is 0 Å². The van der Waals surface area contributed by atoms with Crippen LogP contribution in [0, 0.1) is 10.1 Å². The third-order valence-electron chi connectivity index (χ3n) is 8.17. The zero-order chi connectivity index (χ0) is 25.7. The Morgan fingerprint density at radius 3 is 2.41 bits per heavy atom. The van der Waals surface area contributed by atoms with Crippen molar-refractivity contribution in [1.29, 1.82) is 0 Å². The number of hydrogen-bond acceptors (Lipinski definition) is 4. The van der Waals surface area contributed by atoms with Gasteiger partial charge in [-0.25, -0.2) is 0 Å². The Morgan fingerprint density at radius 1 is 1.00 bits per heavy atom. The number of non-ortho nitro benzene ring substituents is 1. The Kier molecular flexibility index (Phi) is 5.63. The number of para-hydroxylation sites is 1. The Labute approximate surface area is 217 Å². The van der Waals surface area contributed by atoms with E-state index in [1.54, 1.807) is 0 Å². The molecule has 3 aliphatic rings. The van der Waals surface area contributed by atoms with E-state index in [9.17, 15) is 15.2 Å². The molecule has 188 valence electrons. The molecule has 0 fully saturated rings. The van der Waals surface area contributed by atoms with Crippen molar-refractivity contribution < 1.29 is 14.6 Å². The predicted molar refractivity (Wildman–Crippen MR) is 145 cm³/mol. The quantitative estimate of drug-likeness (QED) is 0.261. The van der Waals surface area contributed by atoms with Gasteiger partial charge in [-0.15, -0.1) is 0 Å². The molecule has 0 aliphatic carbocycles. The van der Waals surface area contributed by atoms with Gasteiger partial charge < -0.3 is 10.0 Å². The zero-order valence-electron chi connectivity index (χ0n) is 21.4. The molecule has 0 amide bonds. The topological polar surface area (TPSA) is 72.5 Å². The maximum atomic E-state index is 12.7. The van der Waals surface area contributed by atoms with Crippen LogP contribution in [-0.2, 0) is 24.8 Å². The van der Waals surface area contributed by atoms with Crippen LogP contribution in [0.15, 0.2) is 60.7 Å². The number of nitro benzene ring substituents is 1. The fraction of sp³-hybridized carbons (Fsp3) is 0.323. The first-order valence-corrected chi connectivity index (χ1v) is 13.1. The van der Waals surface area contributed by atoms with E-state index >= 15 is 0 Å². The average Bonchev–Trinajstić information content (AvgIpc) is 3.10. The van der Waals surface area contributed by atoms with E-state index in [0.29, 0.717) is 5.56 Å². The van der Waals surface area contributed by atoms with Gasteiger partial charge in [0.25, 0.3) is 5.69 Å². The summed E-state index contributed by atoms with van der Waals surface area (Å²) in [5.74, 6) is -0.186. The van der Waals surface area contributed by atoms with Gasteiger partial charge in [0.15, 0.2) is 12.3 Å². The highest BCUT2D eigenvalue weighted by Gasteiger charge is 2.44. The minimum Gasteiger partial charge on any atom is -0.872 e. The minimum absolute atomic E-state index is 0.0597. The number of nitro groups is 1. The highest BCUT2D eigenvalue weighted by molar-refractivity contribution is 6.05. The van der Waals surface area contributed by atoms with Crippen LogP contribution in [0.1, 0.15) is 54.5 Å². The summed E-state index contributed by atoms with van der Waals surface area (Å²) in [6.07, 6.45) is 9.03. The summed E-state index contributed by atoms with van der Waals surface area (Å²) in [5.41, 5.74) is 8.95. The van der Waals surface area contributed by atoms with Crippen LogP contribution in [0.5, 0.6) is 5.75 Å². The van der Waals surface area contributed by atoms with Crippen LogP contribution < -0.4 is 10.0 Å². The van der Waals surface area contributed by atoms with Gasteiger partial charge in [0.05, 0.1) is 10.3 Å². The number of benzene rings is 3. The number of fused-ring (bicyclic) bond motifs is 1. The number of nitrogens with zero attached hydrogens (tertiary/aromatic N) is 3. The van der Waals surface area contributed by atoms with Gasteiger partial charge in [0.1, 0.15) is 0 Å². The highest BCUT2D eigenvalue weighted by atomic mass is 16.6. The van der Waals surface area contributed by atoms with Crippen LogP contribution in [-0.4, -0.2) is 28.3 Å². The lowest BCUT2D eigenvalue weighted by atomic mass is 9.81. The first-order chi connectivity index (χ1) is 17.8. The van der Waals surface area contributed by atoms with Crippen molar-refractivity contribution in [1.82, 2.24) is 0 Å². The maximum absolute atomic E-state index is 12.7. The van der Waals surface area contributed by atoms with Crippen molar-refractivity contribution in [3.05, 3.63) is 98.6 Å². The molecular weight excluding hydrogens is 462 g/mol. The molecule has 3 aromatic carbocycles. The molecule has 0 saturated carbocycles. The second-order valence-electron chi connectivity index (χ2n) is 10.9. The first kappa shape index (κ1) is 23.5. The van der Waals surface area contributed by atoms with Crippen molar-refractivity contribution in [2.45, 2.75) is 51.5 Å². The normalized spacial score (nSPS) is 17.7. The first-order valence-electron chi connectivity index (χ1n) is 13.1. The Morgan fingerprint density at radius 2 is 1.70 bits per heavy atom. The van der Waals surface area contributed by atoms with Gasteiger partial charge in [0, 0.05) is 54.2 Å². The molecule has 6 rings (SSSR count). The molecule has 0 aromatic heterocycles. The van der Waals surface area contributed by atoms with Gasteiger partial charge in [-0.3, -0.25) is 10.1 Å². The van der Waals surface area contributed by atoms with E-state index in [-0.39, 0.29) is 23.4 Å². The van der Waals surface area contributed by atoms with Crippen LogP contribution in [0.3, 0.4) is 0 Å². The molecule has 6 nitrogen and oxygen atoms in total. The van der Waals surface area contributed by atoms with E-state index in [0.717, 1.165) is 37.3 Å². The lowest BCUT2D eigenvalue weighted by Gasteiger charge is -2.37. The standard InChI is InChI=1S/C31H31N3O3/c1-31(2)26-9-3-4-10-27(26)33(20-24-19-25(34(36)37)12-13-28(24)35)29(31)14-11-21-17-22-7-5-15-32-16-6-8-23(18-21)30(22)32/h3-4,9-14,17-19H,5-8,15-16,20H2,1-2H3. The molecule has 6 heteroatoms. The fourth-order valence-electron chi connectivity index (χ4n) is 6.39. The van der Waals surface area contributed by atoms with E-state index in [4.69, 9.17) is 0 Å². The van der Waals surface area contributed by atoms with Crippen molar-refractivity contribution in [2.24, 2.45) is 0 Å². The van der Waals surface area contributed by atoms with Gasteiger partial charge in [0.2, 0.25) is 5.69 Å². The largest absolute Gasteiger partial charge is 0.872 e. The molecule has 0 radical (unpaired) electrons. The summed E-state index contributed by atoms with van der Waals surface area (Å²) in [5, 5.41) is 24.1. The third-order valence-corrected chi connectivity index (χ3v) is 8.17. The second-order valence-corrected chi connectivity index (χ2v) is 10.9. The molecule has 3 aromatic rings. The van der Waals surface area contributed by atoms with Gasteiger partial charge in [-0.1, -0.05) is 30.0 Å². The minimum atomic E-state index is -0.445. The second kappa shape index (κ2) is 8.87. The van der Waals surface area contributed by atoms with Crippen molar-refractivity contribution in [2.75, 3.05) is 18.0 Å². The molecule has 3 heterocycles. The summed E-state index contributed by atoms with van der Waals surface area (Å²) in [6, 6.07) is 16.9. The highest BCUT2D eigenvalue weighted by Crippen LogP contribution is 2.42. The van der Waals surface area contributed by atoms with Gasteiger partial charge >= 0.3 is 0 Å². The van der Waals surface area contributed by atoms with Crippen molar-refractivity contribution in [3.63, 3.8) is 0 Å². The molecule has 3 aliphatic heterocycles. The molecule has 0 atom stereocenters. The van der Waals surface area contributed by atoms with E-state index < -0.39 is 4.92 Å². The van der Waals surface area contributed by atoms with Gasteiger partial charge in [-0.2, -0.15) is 4.58 Å². The van der Waals surface area contributed by atoms with Crippen molar-refractivity contribution in [3.8, 4) is 5.75 Å². The summed E-state index contributed by atoms with van der Waals surface area (Å²) in [4.78, 5) is 13.5. The number of hydrogen-bond donors (Lipinski definition) is 0. The lowest BCUT2D eigenvalue weighted by Crippen LogP contribution is -2.34. The van der Waals surface area contributed by atoms with E-state index in [2.05, 4.69) is 59.7 Å². The molecule has 0 N–H and O–H groups in total. The maximum Gasteiger partial charge on any atom is 0.269 e. The number of allylic oxidation sites excluding steroid dienone is 1. The van der Waals surface area contributed by atoms with Gasteiger partial charge in [-0.05, 0) is 74.4 Å². The summed E-state index contributed by atoms with van der Waals surface area (Å²) < 4.78 is 2.15. The number of rotatable bonds is 5. The summed E-state index contributed by atoms with van der Waals surface area (Å²) >= 11 is 0. The van der Waals surface area contributed by atoms with Crippen LogP contribution in [0.25, 0.3) is 6.08 Å². The lowest BCUT2D eigenvalue weighted by molar-refractivity contribution is -0.456. The molecule has 37 heavy (non-hydrogen) atoms. The Bertz CT molecular complexity index is 1450. The van der Waals surface area contributed by atoms with E-state index in [1.165, 1.54) is 59.0 Å². The molecular formula is C31H31N3O3. The number of anilines is 1. The average molecular weight is 494 g/mol. The van der Waals surface area contributed by atoms with Crippen LogP contribution in [0.4, 0.5) is 17.1 Å². The summed E-state index contributed by atoms with van der Waals surface area (Å²) in [6.45, 7) is 7.00. The summed E-state index contributed by atoms with van der Waals surface area (Å²) in [7, 11) is 0. The van der Waals surface area contributed by atoms with Crippen LogP contribution in [0.2, 0.25) is 0 Å². The zero-order valence-corrected chi connectivity index (χ0v) is 21.4. The molecule has 0 unspecified atom stereocenters. The Balaban J connectivity index is 1.44. The van der Waals surface area contributed by atoms with E-state index in [1.807, 2.05) is 12.1 Å². The molecule has 0 saturated heterocycles. The number of aryl methyl sites for hydroxylation is 2. The van der Waals surface area contributed by atoms with Crippen molar-refractivity contribution >= 4 is 28.8 Å². The fourth-order valence-corrected chi connectivity index (χ4v) is 6.39. The smallest absolute Gasteiger partial charge is 0.269 e. The SMILES string of the molecule is CC1(C)C(/C=C/c2cc3c4c(c2)CCCN4CCC3)=[N+](Cc2cc([N+](=O)[O-])ccc2[O-])c2ccccc21. The Hall–Kier alpha value is -3.93. The monoisotopic (exact) mass is 493 g/mol. The third kappa shape index (κ3) is 4.01. The predicted octanol–water partition coefficient (Wildman–Crippen LogP) is 5.66. The molecule has 0 bridgehead atoms. The molecule has 0 spiro atoms.